The zero-order chi connectivity index (χ0) is 20.1. The Bertz CT molecular complexity index is 1150. The lowest BCUT2D eigenvalue weighted by Gasteiger charge is -2.13. The first kappa shape index (κ1) is 18.9. The second kappa shape index (κ2) is 6.89. The fraction of sp³-hybridized carbons (Fsp3) is 0.300. The Morgan fingerprint density at radius 1 is 1.21 bits per heavy atom. The van der Waals surface area contributed by atoms with Crippen LogP contribution in [0.3, 0.4) is 0 Å². The van der Waals surface area contributed by atoms with Crippen molar-refractivity contribution >= 4 is 21.0 Å². The molecular formula is C20H23N3O4S. The summed E-state index contributed by atoms with van der Waals surface area (Å²) in [5.41, 5.74) is 5.19. The zero-order valence-electron chi connectivity index (χ0n) is 16.0. The largest absolute Gasteiger partial charge is 0.382 e. The number of aliphatic hydroxyl groups is 1. The Balaban J connectivity index is 1.80. The van der Waals surface area contributed by atoms with Crippen LogP contribution in [0.15, 0.2) is 36.4 Å². The maximum atomic E-state index is 11.5. The van der Waals surface area contributed by atoms with Gasteiger partial charge in [0.05, 0.1) is 6.26 Å². The summed E-state index contributed by atoms with van der Waals surface area (Å²) in [5, 5.41) is 14.5. The molecule has 1 aliphatic rings. The van der Waals surface area contributed by atoms with Gasteiger partial charge in [-0.3, -0.25) is 5.32 Å². The Morgan fingerprint density at radius 2 is 2.00 bits per heavy atom. The number of H-pyrrole nitrogens is 1. The van der Waals surface area contributed by atoms with E-state index in [2.05, 4.69) is 27.3 Å². The fourth-order valence-corrected chi connectivity index (χ4v) is 4.19. The number of rotatable bonds is 5. The Labute approximate surface area is 164 Å². The van der Waals surface area contributed by atoms with Gasteiger partial charge in [0.25, 0.3) is 0 Å². The number of nitrogens with one attached hydrogen (secondary N) is 2. The van der Waals surface area contributed by atoms with Crippen molar-refractivity contribution in [2.24, 2.45) is 0 Å². The van der Waals surface area contributed by atoms with Crippen molar-refractivity contribution in [3.63, 3.8) is 0 Å². The molecule has 2 aromatic carbocycles. The molecule has 0 spiro atoms. The van der Waals surface area contributed by atoms with Crippen LogP contribution < -0.4 is 9.50 Å². The number of aliphatic hydroxyl groups excluding tert-OH is 1. The SMILES string of the molecule is CN(C)Cc1ccc2[nH]c(-c3ccc(OS(C)(=O)=O)c4c3C(O)NC4)cc2c1. The lowest BCUT2D eigenvalue weighted by atomic mass is 9.99. The highest BCUT2D eigenvalue weighted by molar-refractivity contribution is 7.86. The number of aromatic amines is 1. The molecule has 28 heavy (non-hydrogen) atoms. The van der Waals surface area contributed by atoms with Gasteiger partial charge in [-0.05, 0) is 50.0 Å². The third-order valence-corrected chi connectivity index (χ3v) is 5.26. The predicted octanol–water partition coefficient (Wildman–Crippen LogP) is 2.33. The molecule has 8 heteroatoms. The molecule has 1 atom stereocenters. The minimum Gasteiger partial charge on any atom is -0.382 e. The minimum absolute atomic E-state index is 0.245. The number of aromatic nitrogens is 1. The molecule has 1 aliphatic heterocycles. The minimum atomic E-state index is -3.65. The van der Waals surface area contributed by atoms with Gasteiger partial charge in [0.15, 0.2) is 0 Å². The lowest BCUT2D eigenvalue weighted by molar-refractivity contribution is 0.152. The van der Waals surface area contributed by atoms with E-state index in [0.717, 1.165) is 35.0 Å². The van der Waals surface area contributed by atoms with Gasteiger partial charge in [-0.2, -0.15) is 8.42 Å². The molecule has 3 aromatic rings. The topological polar surface area (TPSA) is 94.7 Å². The average molecular weight is 401 g/mol. The van der Waals surface area contributed by atoms with Crippen molar-refractivity contribution < 1.29 is 17.7 Å². The standard InChI is InChI=1S/C20H23N3O4S/c1-23(2)11-12-4-6-16-13(8-12)9-17(22-16)14-5-7-18(27-28(3,25)26)15-10-21-20(24)19(14)15/h4-9,20-22,24H,10-11H2,1-3H3. The van der Waals surface area contributed by atoms with Crippen LogP contribution in [0.1, 0.15) is 22.9 Å². The van der Waals surface area contributed by atoms with Gasteiger partial charge in [-0.25, -0.2) is 0 Å². The number of hydrogen-bond acceptors (Lipinski definition) is 6. The predicted molar refractivity (Wildman–Crippen MR) is 108 cm³/mol. The third-order valence-electron chi connectivity index (χ3n) is 4.78. The molecule has 0 amide bonds. The van der Waals surface area contributed by atoms with E-state index < -0.39 is 16.3 Å². The maximum absolute atomic E-state index is 11.5. The Morgan fingerprint density at radius 3 is 2.71 bits per heavy atom. The first-order chi connectivity index (χ1) is 13.2. The van der Waals surface area contributed by atoms with E-state index in [1.54, 1.807) is 12.1 Å². The lowest BCUT2D eigenvalue weighted by Crippen LogP contribution is -2.10. The van der Waals surface area contributed by atoms with E-state index in [9.17, 15) is 13.5 Å². The van der Waals surface area contributed by atoms with E-state index in [1.807, 2.05) is 26.2 Å². The molecule has 148 valence electrons. The average Bonchev–Trinajstić information content (AvgIpc) is 3.17. The molecular weight excluding hydrogens is 378 g/mol. The Kier molecular flexibility index (Phi) is 4.67. The molecule has 0 saturated carbocycles. The highest BCUT2D eigenvalue weighted by atomic mass is 32.2. The van der Waals surface area contributed by atoms with Crippen molar-refractivity contribution in [2.75, 3.05) is 20.4 Å². The van der Waals surface area contributed by atoms with Crippen LogP contribution in [0.5, 0.6) is 5.75 Å². The van der Waals surface area contributed by atoms with Crippen molar-refractivity contribution in [2.45, 2.75) is 19.3 Å². The van der Waals surface area contributed by atoms with Crippen molar-refractivity contribution in [3.8, 4) is 17.0 Å². The molecule has 0 aliphatic carbocycles. The summed E-state index contributed by atoms with van der Waals surface area (Å²) >= 11 is 0. The van der Waals surface area contributed by atoms with E-state index in [4.69, 9.17) is 4.18 Å². The van der Waals surface area contributed by atoms with Crippen LogP contribution in [0.4, 0.5) is 0 Å². The molecule has 1 unspecified atom stereocenters. The molecule has 0 bridgehead atoms. The van der Waals surface area contributed by atoms with Crippen LogP contribution in [0.2, 0.25) is 0 Å². The van der Waals surface area contributed by atoms with Gasteiger partial charge in [0.1, 0.15) is 12.0 Å². The van der Waals surface area contributed by atoms with E-state index in [0.29, 0.717) is 17.7 Å². The highest BCUT2D eigenvalue weighted by Gasteiger charge is 2.28. The third kappa shape index (κ3) is 3.64. The van der Waals surface area contributed by atoms with Crippen molar-refractivity contribution in [3.05, 3.63) is 53.1 Å². The van der Waals surface area contributed by atoms with Gasteiger partial charge in [0, 0.05) is 46.4 Å². The number of fused-ring (bicyclic) bond motifs is 2. The second-order valence-electron chi connectivity index (χ2n) is 7.42. The molecule has 0 fully saturated rings. The van der Waals surface area contributed by atoms with Gasteiger partial charge in [-0.15, -0.1) is 0 Å². The van der Waals surface area contributed by atoms with Crippen LogP contribution in [-0.2, 0) is 23.2 Å². The molecule has 0 saturated heterocycles. The van der Waals surface area contributed by atoms with E-state index in [1.165, 1.54) is 5.56 Å². The zero-order valence-corrected chi connectivity index (χ0v) is 16.8. The normalized spacial score (nSPS) is 16.7. The van der Waals surface area contributed by atoms with E-state index in [-0.39, 0.29) is 5.75 Å². The summed E-state index contributed by atoms with van der Waals surface area (Å²) in [6.45, 7) is 1.19. The highest BCUT2D eigenvalue weighted by Crippen LogP contribution is 2.40. The quantitative estimate of drug-likeness (QED) is 0.568. The molecule has 0 radical (unpaired) electrons. The maximum Gasteiger partial charge on any atom is 0.306 e. The van der Waals surface area contributed by atoms with Gasteiger partial charge >= 0.3 is 10.1 Å². The number of nitrogens with zero attached hydrogens (tertiary/aromatic N) is 1. The molecule has 4 rings (SSSR count). The van der Waals surface area contributed by atoms with Crippen molar-refractivity contribution in [1.29, 1.82) is 0 Å². The van der Waals surface area contributed by atoms with Gasteiger partial charge in [0.2, 0.25) is 0 Å². The summed E-state index contributed by atoms with van der Waals surface area (Å²) in [6, 6.07) is 11.7. The summed E-state index contributed by atoms with van der Waals surface area (Å²) in [7, 11) is 0.414. The fourth-order valence-electron chi connectivity index (χ4n) is 3.71. The monoisotopic (exact) mass is 401 g/mol. The number of benzene rings is 2. The summed E-state index contributed by atoms with van der Waals surface area (Å²) < 4.78 is 28.2. The Hall–Kier alpha value is -2.39. The van der Waals surface area contributed by atoms with E-state index >= 15 is 0 Å². The van der Waals surface area contributed by atoms with Gasteiger partial charge < -0.3 is 19.2 Å². The van der Waals surface area contributed by atoms with Crippen LogP contribution in [-0.4, -0.2) is 43.8 Å². The second-order valence-corrected chi connectivity index (χ2v) is 8.99. The molecule has 1 aromatic heterocycles. The summed E-state index contributed by atoms with van der Waals surface area (Å²) in [4.78, 5) is 5.51. The first-order valence-electron chi connectivity index (χ1n) is 8.95. The van der Waals surface area contributed by atoms with Crippen LogP contribution >= 0.6 is 0 Å². The van der Waals surface area contributed by atoms with Crippen LogP contribution in [0.25, 0.3) is 22.2 Å². The first-order valence-corrected chi connectivity index (χ1v) is 10.8. The molecule has 7 nitrogen and oxygen atoms in total. The summed E-state index contributed by atoms with van der Waals surface area (Å²) in [6.07, 6.45) is 0.124. The van der Waals surface area contributed by atoms with Crippen molar-refractivity contribution in [1.82, 2.24) is 15.2 Å². The number of hydrogen-bond donors (Lipinski definition) is 3. The summed E-state index contributed by atoms with van der Waals surface area (Å²) in [5.74, 6) is 0.245. The molecule has 3 N–H and O–H groups in total. The van der Waals surface area contributed by atoms with Gasteiger partial charge in [-0.1, -0.05) is 6.07 Å². The van der Waals surface area contributed by atoms with Crippen LogP contribution in [0, 0.1) is 0 Å². The molecule has 2 heterocycles. The smallest absolute Gasteiger partial charge is 0.306 e.